The lowest BCUT2D eigenvalue weighted by Crippen LogP contribution is -2.08. The lowest BCUT2D eigenvalue weighted by molar-refractivity contribution is 0.0599. The predicted octanol–water partition coefficient (Wildman–Crippen LogP) is 3.74. The van der Waals surface area contributed by atoms with Crippen molar-refractivity contribution < 1.29 is 18.7 Å². The summed E-state index contributed by atoms with van der Waals surface area (Å²) < 4.78 is 12.0. The fourth-order valence-electron chi connectivity index (χ4n) is 3.14. The molecule has 0 bridgehead atoms. The number of rotatable bonds is 8. The largest absolute Gasteiger partial charge is 0.469 e. The Labute approximate surface area is 172 Å². The Balaban J connectivity index is 1.83. The van der Waals surface area contributed by atoms with E-state index in [0.717, 1.165) is 11.3 Å². The number of esters is 1. The SMILES string of the molecule is C=CCn1c(SCC(=O)c2[nH]c(C)c(C(=O)OC)c2C)nnc1-c1ccoc1C. The van der Waals surface area contributed by atoms with Crippen LogP contribution in [0.25, 0.3) is 11.4 Å². The minimum atomic E-state index is -0.464. The van der Waals surface area contributed by atoms with Gasteiger partial charge >= 0.3 is 5.97 Å². The number of Topliss-reactive ketones (excluding diaryl/α,β-unsaturated/α-hetero) is 1. The number of ketones is 1. The minimum absolute atomic E-state index is 0.139. The molecule has 1 N–H and O–H groups in total. The van der Waals surface area contributed by atoms with Crippen LogP contribution in [0.4, 0.5) is 0 Å². The Bertz CT molecular complexity index is 1080. The molecule has 9 heteroatoms. The molecule has 0 saturated heterocycles. The van der Waals surface area contributed by atoms with Gasteiger partial charge in [0, 0.05) is 12.2 Å². The van der Waals surface area contributed by atoms with Gasteiger partial charge in [-0.05, 0) is 32.4 Å². The molecule has 0 unspecified atom stereocenters. The van der Waals surface area contributed by atoms with Crippen molar-refractivity contribution >= 4 is 23.5 Å². The second kappa shape index (κ2) is 8.52. The molecule has 0 amide bonds. The maximum atomic E-state index is 12.8. The van der Waals surface area contributed by atoms with Crippen molar-refractivity contribution in [2.75, 3.05) is 12.9 Å². The van der Waals surface area contributed by atoms with E-state index >= 15 is 0 Å². The molecule has 29 heavy (non-hydrogen) atoms. The zero-order valence-electron chi connectivity index (χ0n) is 16.7. The number of aromatic nitrogens is 4. The van der Waals surface area contributed by atoms with E-state index in [1.165, 1.54) is 18.9 Å². The average molecular weight is 414 g/mol. The third kappa shape index (κ3) is 3.91. The zero-order valence-corrected chi connectivity index (χ0v) is 17.6. The van der Waals surface area contributed by atoms with E-state index in [9.17, 15) is 9.59 Å². The smallest absolute Gasteiger partial charge is 0.339 e. The Hall–Kier alpha value is -3.07. The van der Waals surface area contributed by atoms with Crippen molar-refractivity contribution in [1.29, 1.82) is 0 Å². The molecular formula is C20H22N4O4S. The number of ether oxygens (including phenoxy) is 1. The lowest BCUT2D eigenvalue weighted by Gasteiger charge is -2.07. The molecule has 0 radical (unpaired) electrons. The summed E-state index contributed by atoms with van der Waals surface area (Å²) in [5, 5.41) is 9.10. The highest BCUT2D eigenvalue weighted by Gasteiger charge is 2.23. The lowest BCUT2D eigenvalue weighted by atomic mass is 10.1. The highest BCUT2D eigenvalue weighted by atomic mass is 32.2. The van der Waals surface area contributed by atoms with Gasteiger partial charge in [-0.25, -0.2) is 4.79 Å². The number of aryl methyl sites for hydroxylation is 2. The van der Waals surface area contributed by atoms with E-state index in [2.05, 4.69) is 21.8 Å². The van der Waals surface area contributed by atoms with Crippen LogP contribution in [-0.4, -0.2) is 44.4 Å². The molecule has 3 rings (SSSR count). The van der Waals surface area contributed by atoms with Crippen LogP contribution in [-0.2, 0) is 11.3 Å². The topological polar surface area (TPSA) is 103 Å². The minimum Gasteiger partial charge on any atom is -0.469 e. The number of thioether (sulfide) groups is 1. The zero-order chi connectivity index (χ0) is 21.1. The molecule has 3 heterocycles. The van der Waals surface area contributed by atoms with Gasteiger partial charge in [0.2, 0.25) is 0 Å². The molecule has 3 aromatic heterocycles. The number of carbonyl (C=O) groups excluding carboxylic acids is 2. The van der Waals surface area contributed by atoms with Crippen LogP contribution >= 0.6 is 11.8 Å². The Morgan fingerprint density at radius 3 is 2.72 bits per heavy atom. The van der Waals surface area contributed by atoms with Gasteiger partial charge in [0.15, 0.2) is 16.8 Å². The van der Waals surface area contributed by atoms with Gasteiger partial charge in [-0.15, -0.1) is 16.8 Å². The number of allylic oxidation sites excluding steroid dienone is 1. The molecule has 3 aromatic rings. The highest BCUT2D eigenvalue weighted by Crippen LogP contribution is 2.28. The standard InChI is InChI=1S/C20H22N4O4S/c1-6-8-24-18(14-7-9-28-13(14)4)22-23-20(24)29-10-15(25)17-11(2)16(12(3)21-17)19(26)27-5/h6-7,9,21H,1,8,10H2,2-5H3. The van der Waals surface area contributed by atoms with Crippen LogP contribution in [0.3, 0.4) is 0 Å². The first-order valence-electron chi connectivity index (χ1n) is 8.91. The van der Waals surface area contributed by atoms with E-state index in [1.807, 2.05) is 17.6 Å². The van der Waals surface area contributed by atoms with Crippen molar-refractivity contribution in [2.24, 2.45) is 0 Å². The summed E-state index contributed by atoms with van der Waals surface area (Å²) in [7, 11) is 1.32. The summed E-state index contributed by atoms with van der Waals surface area (Å²) in [5.74, 6) is 0.934. The summed E-state index contributed by atoms with van der Waals surface area (Å²) >= 11 is 1.28. The summed E-state index contributed by atoms with van der Waals surface area (Å²) in [5.41, 5.74) is 2.83. The normalized spacial score (nSPS) is 10.9. The third-order valence-electron chi connectivity index (χ3n) is 4.57. The predicted molar refractivity (Wildman–Crippen MR) is 109 cm³/mol. The molecule has 0 spiro atoms. The van der Waals surface area contributed by atoms with E-state index in [-0.39, 0.29) is 11.5 Å². The van der Waals surface area contributed by atoms with Gasteiger partial charge in [-0.1, -0.05) is 17.8 Å². The van der Waals surface area contributed by atoms with Crippen molar-refractivity contribution in [3.05, 3.63) is 53.3 Å². The quantitative estimate of drug-likeness (QED) is 0.259. The fourth-order valence-corrected chi connectivity index (χ4v) is 3.96. The summed E-state index contributed by atoms with van der Waals surface area (Å²) in [4.78, 5) is 27.7. The van der Waals surface area contributed by atoms with E-state index in [0.29, 0.717) is 40.0 Å². The average Bonchev–Trinajstić information content (AvgIpc) is 3.37. The molecule has 0 aliphatic carbocycles. The van der Waals surface area contributed by atoms with E-state index in [4.69, 9.17) is 9.15 Å². The van der Waals surface area contributed by atoms with Crippen LogP contribution in [0.15, 0.2) is 34.6 Å². The molecular weight excluding hydrogens is 392 g/mol. The van der Waals surface area contributed by atoms with E-state index in [1.54, 1.807) is 26.2 Å². The van der Waals surface area contributed by atoms with Crippen LogP contribution in [0, 0.1) is 20.8 Å². The van der Waals surface area contributed by atoms with Gasteiger partial charge in [0.1, 0.15) is 5.76 Å². The summed E-state index contributed by atoms with van der Waals surface area (Å²) in [6, 6.07) is 1.83. The number of nitrogens with one attached hydrogen (secondary N) is 1. The maximum Gasteiger partial charge on any atom is 0.339 e. The Morgan fingerprint density at radius 1 is 1.34 bits per heavy atom. The van der Waals surface area contributed by atoms with Gasteiger partial charge in [-0.3, -0.25) is 9.36 Å². The molecule has 152 valence electrons. The van der Waals surface area contributed by atoms with Crippen LogP contribution in [0.2, 0.25) is 0 Å². The number of furan rings is 1. The van der Waals surface area contributed by atoms with Crippen molar-refractivity contribution in [1.82, 2.24) is 19.7 Å². The molecule has 0 aliphatic rings. The number of aromatic amines is 1. The molecule has 8 nitrogen and oxygen atoms in total. The summed E-state index contributed by atoms with van der Waals surface area (Å²) in [6.45, 7) is 9.61. The monoisotopic (exact) mass is 414 g/mol. The molecule has 0 aromatic carbocycles. The molecule has 0 atom stereocenters. The van der Waals surface area contributed by atoms with Gasteiger partial charge in [0.25, 0.3) is 0 Å². The number of methoxy groups -OCH3 is 1. The third-order valence-corrected chi connectivity index (χ3v) is 5.53. The van der Waals surface area contributed by atoms with Gasteiger partial charge in [-0.2, -0.15) is 0 Å². The number of H-pyrrole nitrogens is 1. The Kier molecular flexibility index (Phi) is 6.07. The number of hydrogen-bond acceptors (Lipinski definition) is 7. The molecule has 0 aliphatic heterocycles. The second-order valence-corrected chi connectivity index (χ2v) is 7.37. The van der Waals surface area contributed by atoms with Gasteiger partial charge in [0.05, 0.1) is 35.9 Å². The highest BCUT2D eigenvalue weighted by molar-refractivity contribution is 7.99. The maximum absolute atomic E-state index is 12.8. The molecule has 0 fully saturated rings. The van der Waals surface area contributed by atoms with Crippen molar-refractivity contribution in [2.45, 2.75) is 32.5 Å². The first-order valence-corrected chi connectivity index (χ1v) is 9.89. The first kappa shape index (κ1) is 20.7. The van der Waals surface area contributed by atoms with Crippen LogP contribution in [0.1, 0.15) is 37.9 Å². The van der Waals surface area contributed by atoms with Crippen LogP contribution in [0.5, 0.6) is 0 Å². The first-order chi connectivity index (χ1) is 13.9. The fraction of sp³-hybridized carbons (Fsp3) is 0.300. The number of carbonyl (C=O) groups is 2. The second-order valence-electron chi connectivity index (χ2n) is 6.42. The van der Waals surface area contributed by atoms with Crippen molar-refractivity contribution in [3.8, 4) is 11.4 Å². The van der Waals surface area contributed by atoms with Crippen LogP contribution < -0.4 is 0 Å². The van der Waals surface area contributed by atoms with Crippen molar-refractivity contribution in [3.63, 3.8) is 0 Å². The Morgan fingerprint density at radius 2 is 2.10 bits per heavy atom. The number of hydrogen-bond donors (Lipinski definition) is 1. The number of nitrogens with zero attached hydrogens (tertiary/aromatic N) is 3. The van der Waals surface area contributed by atoms with E-state index < -0.39 is 5.97 Å². The van der Waals surface area contributed by atoms with Gasteiger partial charge < -0.3 is 14.1 Å². The summed E-state index contributed by atoms with van der Waals surface area (Å²) in [6.07, 6.45) is 3.35. The molecule has 0 saturated carbocycles.